The standard InChI is InChI=1S/C19H23NO3/c1-5-16(23-17-12-8-9-13(2)14(17)3)19(21)20-15-10-6-7-11-18(15)22-4/h6-12,16H,5H2,1-4H3,(H,20,21)/t16-/m1/s1. The van der Waals surface area contributed by atoms with Crippen LogP contribution < -0.4 is 14.8 Å². The van der Waals surface area contributed by atoms with Crippen molar-refractivity contribution >= 4 is 11.6 Å². The number of methoxy groups -OCH3 is 1. The van der Waals surface area contributed by atoms with Gasteiger partial charge in [0.1, 0.15) is 11.5 Å². The first-order valence-corrected chi connectivity index (χ1v) is 7.73. The molecule has 1 atom stereocenters. The highest BCUT2D eigenvalue weighted by molar-refractivity contribution is 5.95. The van der Waals surface area contributed by atoms with E-state index in [1.807, 2.05) is 57.2 Å². The van der Waals surface area contributed by atoms with Gasteiger partial charge in [-0.3, -0.25) is 4.79 Å². The average Bonchev–Trinajstić information content (AvgIpc) is 2.56. The van der Waals surface area contributed by atoms with E-state index >= 15 is 0 Å². The number of rotatable bonds is 6. The maximum Gasteiger partial charge on any atom is 0.265 e. The van der Waals surface area contributed by atoms with Crippen molar-refractivity contribution in [3.63, 3.8) is 0 Å². The topological polar surface area (TPSA) is 47.6 Å². The van der Waals surface area contributed by atoms with Gasteiger partial charge in [-0.1, -0.05) is 31.2 Å². The number of para-hydroxylation sites is 2. The molecule has 4 heteroatoms. The molecule has 1 amide bonds. The Morgan fingerprint density at radius 3 is 2.48 bits per heavy atom. The third kappa shape index (κ3) is 4.03. The van der Waals surface area contributed by atoms with Crippen molar-refractivity contribution in [2.24, 2.45) is 0 Å². The van der Waals surface area contributed by atoms with Crippen molar-refractivity contribution in [2.45, 2.75) is 33.3 Å². The Morgan fingerprint density at radius 2 is 1.78 bits per heavy atom. The fourth-order valence-corrected chi connectivity index (χ4v) is 2.29. The number of benzene rings is 2. The van der Waals surface area contributed by atoms with Crippen LogP contribution in [0, 0.1) is 13.8 Å². The van der Waals surface area contributed by atoms with Crippen molar-refractivity contribution in [1.29, 1.82) is 0 Å². The Bertz CT molecular complexity index is 682. The summed E-state index contributed by atoms with van der Waals surface area (Å²) in [6.07, 6.45) is 0.0226. The van der Waals surface area contributed by atoms with E-state index in [4.69, 9.17) is 9.47 Å². The SMILES string of the molecule is CC[C@@H](Oc1cccc(C)c1C)C(=O)Nc1ccccc1OC. The molecule has 2 rings (SSSR count). The van der Waals surface area contributed by atoms with Crippen LogP contribution in [-0.2, 0) is 4.79 Å². The third-order valence-corrected chi connectivity index (χ3v) is 3.85. The van der Waals surface area contributed by atoms with E-state index in [0.29, 0.717) is 17.9 Å². The van der Waals surface area contributed by atoms with E-state index < -0.39 is 6.10 Å². The normalized spacial score (nSPS) is 11.7. The summed E-state index contributed by atoms with van der Waals surface area (Å²) < 4.78 is 11.2. The second-order valence-corrected chi connectivity index (χ2v) is 5.40. The smallest absolute Gasteiger partial charge is 0.265 e. The quantitative estimate of drug-likeness (QED) is 0.873. The van der Waals surface area contributed by atoms with E-state index in [-0.39, 0.29) is 5.91 Å². The van der Waals surface area contributed by atoms with Crippen molar-refractivity contribution in [1.82, 2.24) is 0 Å². The van der Waals surface area contributed by atoms with E-state index in [1.165, 1.54) is 0 Å². The number of hydrogen-bond acceptors (Lipinski definition) is 3. The molecule has 0 aliphatic heterocycles. The zero-order valence-electron chi connectivity index (χ0n) is 14.1. The summed E-state index contributed by atoms with van der Waals surface area (Å²) in [5, 5.41) is 2.88. The van der Waals surface area contributed by atoms with Gasteiger partial charge in [-0.25, -0.2) is 0 Å². The van der Waals surface area contributed by atoms with Gasteiger partial charge in [-0.2, -0.15) is 0 Å². The van der Waals surface area contributed by atoms with Crippen LogP contribution in [0.4, 0.5) is 5.69 Å². The highest BCUT2D eigenvalue weighted by Gasteiger charge is 2.20. The van der Waals surface area contributed by atoms with Crippen molar-refractivity contribution in [2.75, 3.05) is 12.4 Å². The van der Waals surface area contributed by atoms with Gasteiger partial charge in [-0.15, -0.1) is 0 Å². The Kier molecular flexibility index (Phi) is 5.63. The number of nitrogens with one attached hydrogen (secondary N) is 1. The average molecular weight is 313 g/mol. The van der Waals surface area contributed by atoms with Gasteiger partial charge in [0.05, 0.1) is 12.8 Å². The molecule has 2 aromatic carbocycles. The van der Waals surface area contributed by atoms with Crippen LogP contribution in [0.3, 0.4) is 0 Å². The predicted octanol–water partition coefficient (Wildman–Crippen LogP) is 4.11. The minimum Gasteiger partial charge on any atom is -0.495 e. The highest BCUT2D eigenvalue weighted by Crippen LogP contribution is 2.25. The van der Waals surface area contributed by atoms with Gasteiger partial charge in [0.2, 0.25) is 0 Å². The fourth-order valence-electron chi connectivity index (χ4n) is 2.29. The second kappa shape index (κ2) is 7.68. The van der Waals surface area contributed by atoms with Gasteiger partial charge in [-0.05, 0) is 49.6 Å². The molecule has 1 N–H and O–H groups in total. The molecule has 0 unspecified atom stereocenters. The molecule has 0 saturated heterocycles. The Labute approximate surface area is 137 Å². The molecule has 0 fully saturated rings. The second-order valence-electron chi connectivity index (χ2n) is 5.40. The van der Waals surface area contributed by atoms with Crippen LogP contribution >= 0.6 is 0 Å². The summed E-state index contributed by atoms with van der Waals surface area (Å²) in [5.41, 5.74) is 2.83. The first kappa shape index (κ1) is 16.9. The molecule has 0 saturated carbocycles. The van der Waals surface area contributed by atoms with Crippen LogP contribution in [0.1, 0.15) is 24.5 Å². The van der Waals surface area contributed by atoms with Gasteiger partial charge < -0.3 is 14.8 Å². The maximum absolute atomic E-state index is 12.5. The maximum atomic E-state index is 12.5. The van der Waals surface area contributed by atoms with E-state index in [1.54, 1.807) is 13.2 Å². The lowest BCUT2D eigenvalue weighted by atomic mass is 10.1. The van der Waals surface area contributed by atoms with E-state index in [2.05, 4.69) is 5.32 Å². The summed E-state index contributed by atoms with van der Waals surface area (Å²) in [6, 6.07) is 13.2. The van der Waals surface area contributed by atoms with Crippen molar-refractivity contribution in [3.05, 3.63) is 53.6 Å². The minimum atomic E-state index is -0.555. The third-order valence-electron chi connectivity index (χ3n) is 3.85. The Hall–Kier alpha value is -2.49. The Balaban J connectivity index is 2.14. The Morgan fingerprint density at radius 1 is 1.09 bits per heavy atom. The molecule has 0 bridgehead atoms. The molecule has 0 aromatic heterocycles. The van der Waals surface area contributed by atoms with Gasteiger partial charge >= 0.3 is 0 Å². The summed E-state index contributed by atoms with van der Waals surface area (Å²) in [4.78, 5) is 12.5. The number of aryl methyl sites for hydroxylation is 1. The van der Waals surface area contributed by atoms with E-state index in [0.717, 1.165) is 16.9 Å². The number of amides is 1. The summed E-state index contributed by atoms with van der Waals surface area (Å²) in [6.45, 7) is 5.95. The molecule has 2 aromatic rings. The molecule has 23 heavy (non-hydrogen) atoms. The molecular weight excluding hydrogens is 290 g/mol. The summed E-state index contributed by atoms with van der Waals surface area (Å²) in [7, 11) is 1.58. The summed E-state index contributed by atoms with van der Waals surface area (Å²) >= 11 is 0. The van der Waals surface area contributed by atoms with Crippen molar-refractivity contribution < 1.29 is 14.3 Å². The monoisotopic (exact) mass is 313 g/mol. The van der Waals surface area contributed by atoms with Crippen LogP contribution in [0.2, 0.25) is 0 Å². The molecule has 0 spiro atoms. The molecule has 4 nitrogen and oxygen atoms in total. The zero-order valence-corrected chi connectivity index (χ0v) is 14.1. The lowest BCUT2D eigenvalue weighted by molar-refractivity contribution is -0.122. The summed E-state index contributed by atoms with van der Waals surface area (Å²) in [5.74, 6) is 1.19. The van der Waals surface area contributed by atoms with Crippen LogP contribution in [0.5, 0.6) is 11.5 Å². The molecular formula is C19H23NO3. The zero-order chi connectivity index (χ0) is 16.8. The van der Waals surface area contributed by atoms with Crippen molar-refractivity contribution in [3.8, 4) is 11.5 Å². The lowest BCUT2D eigenvalue weighted by Gasteiger charge is -2.20. The largest absolute Gasteiger partial charge is 0.495 e. The molecule has 0 aliphatic rings. The first-order valence-electron chi connectivity index (χ1n) is 7.73. The number of carbonyl (C=O) groups is 1. The molecule has 122 valence electrons. The van der Waals surface area contributed by atoms with Crippen LogP contribution in [0.15, 0.2) is 42.5 Å². The minimum absolute atomic E-state index is 0.182. The molecule has 0 radical (unpaired) electrons. The molecule has 0 aliphatic carbocycles. The number of hydrogen-bond donors (Lipinski definition) is 1. The van der Waals surface area contributed by atoms with Gasteiger partial charge in [0.25, 0.3) is 5.91 Å². The van der Waals surface area contributed by atoms with E-state index in [9.17, 15) is 4.79 Å². The number of ether oxygens (including phenoxy) is 2. The highest BCUT2D eigenvalue weighted by atomic mass is 16.5. The number of carbonyl (C=O) groups excluding carboxylic acids is 1. The molecule has 0 heterocycles. The van der Waals surface area contributed by atoms with Gasteiger partial charge in [0, 0.05) is 0 Å². The first-order chi connectivity index (χ1) is 11.1. The fraction of sp³-hybridized carbons (Fsp3) is 0.316. The van der Waals surface area contributed by atoms with Crippen LogP contribution in [-0.4, -0.2) is 19.1 Å². The van der Waals surface area contributed by atoms with Gasteiger partial charge in [0.15, 0.2) is 6.10 Å². The lowest BCUT2D eigenvalue weighted by Crippen LogP contribution is -2.32. The van der Waals surface area contributed by atoms with Crippen LogP contribution in [0.25, 0.3) is 0 Å². The number of anilines is 1. The predicted molar refractivity (Wildman–Crippen MR) is 92.2 cm³/mol.